The summed E-state index contributed by atoms with van der Waals surface area (Å²) < 4.78 is 5.34. The molecule has 0 bridgehead atoms. The van der Waals surface area contributed by atoms with Crippen molar-refractivity contribution in [3.05, 3.63) is 23.2 Å². The molecular weight excluding hydrogens is 270 g/mol. The smallest absolute Gasteiger partial charge is 0.339 e. The molecule has 1 aromatic rings. The van der Waals surface area contributed by atoms with Crippen molar-refractivity contribution in [3.63, 3.8) is 0 Å². The molecule has 0 atom stereocenters. The van der Waals surface area contributed by atoms with Gasteiger partial charge < -0.3 is 14.8 Å². The van der Waals surface area contributed by atoms with Crippen LogP contribution in [0.4, 0.5) is 0 Å². The molecule has 0 saturated heterocycles. The zero-order chi connectivity index (χ0) is 16.2. The number of amides is 1. The molecule has 1 rings (SSSR count). The Labute approximate surface area is 125 Å². The molecule has 0 aromatic carbocycles. The van der Waals surface area contributed by atoms with Crippen LogP contribution in [0.1, 0.15) is 67.7 Å². The van der Waals surface area contributed by atoms with Crippen LogP contribution in [0.2, 0.25) is 0 Å². The summed E-state index contributed by atoms with van der Waals surface area (Å²) in [7, 11) is 0. The Hall–Kier alpha value is -1.78. The van der Waals surface area contributed by atoms with Gasteiger partial charge in [0.2, 0.25) is 0 Å². The highest BCUT2D eigenvalue weighted by Gasteiger charge is 2.23. The van der Waals surface area contributed by atoms with E-state index in [2.05, 4.69) is 33.0 Å². The van der Waals surface area contributed by atoms with Crippen molar-refractivity contribution < 1.29 is 19.1 Å². The van der Waals surface area contributed by atoms with Gasteiger partial charge in [0.25, 0.3) is 5.91 Å². The predicted molar refractivity (Wildman–Crippen MR) is 80.6 cm³/mol. The number of hydrogen-bond acceptors (Lipinski definition) is 3. The highest BCUT2D eigenvalue weighted by Crippen LogP contribution is 2.24. The van der Waals surface area contributed by atoms with E-state index in [1.165, 1.54) is 6.07 Å². The van der Waals surface area contributed by atoms with E-state index in [0.29, 0.717) is 24.6 Å². The van der Waals surface area contributed by atoms with Gasteiger partial charge in [-0.05, 0) is 17.8 Å². The number of nitrogens with one attached hydrogen (secondary N) is 1. The minimum absolute atomic E-state index is 0.0143. The van der Waals surface area contributed by atoms with Crippen molar-refractivity contribution in [2.45, 2.75) is 47.5 Å². The summed E-state index contributed by atoms with van der Waals surface area (Å²) in [5.41, 5.74) is 0.0451. The molecule has 0 aliphatic rings. The molecule has 0 radical (unpaired) electrons. The largest absolute Gasteiger partial charge is 0.478 e. The van der Waals surface area contributed by atoms with E-state index in [1.54, 1.807) is 6.92 Å². The van der Waals surface area contributed by atoms with Crippen LogP contribution in [0.5, 0.6) is 0 Å². The minimum atomic E-state index is -1.07. The summed E-state index contributed by atoms with van der Waals surface area (Å²) in [4.78, 5) is 23.1. The van der Waals surface area contributed by atoms with Gasteiger partial charge in [0, 0.05) is 19.0 Å². The van der Waals surface area contributed by atoms with Crippen LogP contribution in [0, 0.1) is 11.3 Å². The number of carboxylic acids is 1. The molecule has 0 fully saturated rings. The van der Waals surface area contributed by atoms with Crippen LogP contribution >= 0.6 is 0 Å². The third kappa shape index (κ3) is 4.92. The lowest BCUT2D eigenvalue weighted by molar-refractivity contribution is 0.0694. The van der Waals surface area contributed by atoms with Crippen LogP contribution in [-0.4, -0.2) is 23.5 Å². The van der Waals surface area contributed by atoms with Gasteiger partial charge in [0.15, 0.2) is 5.76 Å². The second-order valence-corrected chi connectivity index (χ2v) is 6.55. The molecule has 5 nitrogen and oxygen atoms in total. The highest BCUT2D eigenvalue weighted by atomic mass is 16.4. The fourth-order valence-electron chi connectivity index (χ4n) is 2.57. The molecule has 118 valence electrons. The summed E-state index contributed by atoms with van der Waals surface area (Å²) in [6.45, 7) is 10.8. The maximum Gasteiger partial charge on any atom is 0.339 e. The van der Waals surface area contributed by atoms with E-state index in [4.69, 9.17) is 9.52 Å². The maximum absolute atomic E-state index is 12.1. The number of rotatable bonds is 7. The van der Waals surface area contributed by atoms with Crippen molar-refractivity contribution in [1.29, 1.82) is 0 Å². The molecule has 1 heterocycles. The summed E-state index contributed by atoms with van der Waals surface area (Å²) >= 11 is 0. The van der Waals surface area contributed by atoms with Gasteiger partial charge in [-0.25, -0.2) is 4.79 Å². The Morgan fingerprint density at radius 1 is 1.38 bits per heavy atom. The number of hydrogen-bond donors (Lipinski definition) is 2. The first-order chi connectivity index (χ1) is 9.66. The highest BCUT2D eigenvalue weighted by molar-refractivity contribution is 5.96. The zero-order valence-electron chi connectivity index (χ0n) is 13.4. The minimum Gasteiger partial charge on any atom is -0.478 e. The van der Waals surface area contributed by atoms with E-state index >= 15 is 0 Å². The second-order valence-electron chi connectivity index (χ2n) is 6.55. The lowest BCUT2D eigenvalue weighted by atomic mass is 9.84. The summed E-state index contributed by atoms with van der Waals surface area (Å²) in [6.07, 6.45) is 1.43. The second kappa shape index (κ2) is 6.78. The first-order valence-corrected chi connectivity index (χ1v) is 7.30. The van der Waals surface area contributed by atoms with E-state index in [9.17, 15) is 9.59 Å². The lowest BCUT2D eigenvalue weighted by Gasteiger charge is -2.26. The van der Waals surface area contributed by atoms with Gasteiger partial charge in [0.1, 0.15) is 11.3 Å². The van der Waals surface area contributed by atoms with E-state index < -0.39 is 5.97 Å². The number of aryl methyl sites for hydroxylation is 1. The number of carboxylic acid groups (broad SMARTS) is 1. The summed E-state index contributed by atoms with van der Waals surface area (Å²) in [5, 5.41) is 11.9. The Kier molecular flexibility index (Phi) is 5.58. The van der Waals surface area contributed by atoms with Crippen LogP contribution in [-0.2, 0) is 6.42 Å². The molecule has 0 spiro atoms. The lowest BCUT2D eigenvalue weighted by Crippen LogP contribution is -2.34. The third-order valence-corrected chi connectivity index (χ3v) is 3.27. The van der Waals surface area contributed by atoms with Crippen molar-refractivity contribution in [3.8, 4) is 0 Å². The van der Waals surface area contributed by atoms with Crippen LogP contribution in [0.25, 0.3) is 0 Å². The maximum atomic E-state index is 12.1. The summed E-state index contributed by atoms with van der Waals surface area (Å²) in [6, 6.07) is 1.30. The SMILES string of the molecule is CCc1oc(C(=O)NCC(C)(C)CC(C)C)cc1C(=O)O. The molecule has 21 heavy (non-hydrogen) atoms. The van der Waals surface area contributed by atoms with Crippen molar-refractivity contribution in [2.24, 2.45) is 11.3 Å². The molecule has 1 aromatic heterocycles. The van der Waals surface area contributed by atoms with Gasteiger partial charge in [-0.2, -0.15) is 0 Å². The normalized spacial score (nSPS) is 11.7. The zero-order valence-corrected chi connectivity index (χ0v) is 13.4. The average Bonchev–Trinajstić information content (AvgIpc) is 2.78. The predicted octanol–water partition coefficient (Wildman–Crippen LogP) is 3.34. The van der Waals surface area contributed by atoms with Gasteiger partial charge in [0.05, 0.1) is 0 Å². The monoisotopic (exact) mass is 295 g/mol. The fraction of sp³-hybridized carbons (Fsp3) is 0.625. The van der Waals surface area contributed by atoms with E-state index in [0.717, 1.165) is 6.42 Å². The Morgan fingerprint density at radius 3 is 2.43 bits per heavy atom. The molecule has 0 unspecified atom stereocenters. The summed E-state index contributed by atoms with van der Waals surface area (Å²) in [5.74, 6) is -0.506. The molecule has 0 saturated carbocycles. The van der Waals surface area contributed by atoms with Gasteiger partial charge in [-0.1, -0.05) is 34.6 Å². The molecular formula is C16H25NO4. The van der Waals surface area contributed by atoms with E-state index in [1.807, 2.05) is 0 Å². The Balaban J connectivity index is 2.74. The number of furan rings is 1. The first-order valence-electron chi connectivity index (χ1n) is 7.30. The molecule has 2 N–H and O–H groups in total. The third-order valence-electron chi connectivity index (χ3n) is 3.27. The quantitative estimate of drug-likeness (QED) is 0.808. The Bertz CT molecular complexity index is 514. The van der Waals surface area contributed by atoms with Gasteiger partial charge >= 0.3 is 5.97 Å². The van der Waals surface area contributed by atoms with Crippen LogP contribution < -0.4 is 5.32 Å². The molecule has 1 amide bonds. The molecule has 0 aliphatic heterocycles. The number of carbonyl (C=O) groups is 2. The average molecular weight is 295 g/mol. The first kappa shape index (κ1) is 17.3. The molecule has 5 heteroatoms. The topological polar surface area (TPSA) is 79.5 Å². The fourth-order valence-corrected chi connectivity index (χ4v) is 2.57. The Morgan fingerprint density at radius 2 is 2.00 bits per heavy atom. The number of aromatic carboxylic acids is 1. The van der Waals surface area contributed by atoms with Crippen molar-refractivity contribution in [1.82, 2.24) is 5.32 Å². The van der Waals surface area contributed by atoms with Crippen LogP contribution in [0.3, 0.4) is 0 Å². The van der Waals surface area contributed by atoms with Gasteiger partial charge in [-0.15, -0.1) is 0 Å². The van der Waals surface area contributed by atoms with E-state index in [-0.39, 0.29) is 22.6 Å². The van der Waals surface area contributed by atoms with Crippen molar-refractivity contribution >= 4 is 11.9 Å². The molecule has 0 aliphatic carbocycles. The van der Waals surface area contributed by atoms with Crippen LogP contribution in [0.15, 0.2) is 10.5 Å². The van der Waals surface area contributed by atoms with Gasteiger partial charge in [-0.3, -0.25) is 4.79 Å². The van der Waals surface area contributed by atoms with Crippen molar-refractivity contribution in [2.75, 3.05) is 6.54 Å². The standard InChI is InChI=1S/C16H25NO4/c1-6-12-11(15(19)20)7-13(21-12)14(18)17-9-16(4,5)8-10(2)3/h7,10H,6,8-9H2,1-5H3,(H,17,18)(H,19,20). The number of carbonyl (C=O) groups excluding carboxylic acids is 1.